The van der Waals surface area contributed by atoms with Gasteiger partial charge in [-0.15, -0.1) is 0 Å². The Bertz CT molecular complexity index is 266. The van der Waals surface area contributed by atoms with Crippen molar-refractivity contribution in [3.05, 3.63) is 31.8 Å². The first-order valence-electron chi connectivity index (χ1n) is 2.55. The maximum atomic E-state index is 10.6. The molecule has 9 heavy (non-hydrogen) atoms. The molecule has 1 rings (SSSR count). The third-order valence-electron chi connectivity index (χ3n) is 1.07. The van der Waals surface area contributed by atoms with Crippen LogP contribution >= 0.6 is 22.6 Å². The molecule has 1 aromatic rings. The average molecular weight is 235 g/mol. The van der Waals surface area contributed by atoms with Gasteiger partial charge in [-0.2, -0.15) is 0 Å². The zero-order valence-corrected chi connectivity index (χ0v) is 7.10. The highest BCUT2D eigenvalue weighted by Crippen LogP contribution is 2.04. The summed E-state index contributed by atoms with van der Waals surface area (Å²) in [6.45, 7) is 1.96. The second-order valence-electron chi connectivity index (χ2n) is 1.83. The minimum Gasteiger partial charge on any atom is -0.329 e. The highest BCUT2D eigenvalue weighted by atomic mass is 127. The zero-order valence-electron chi connectivity index (χ0n) is 4.94. The topological polar surface area (TPSA) is 32.9 Å². The predicted molar refractivity (Wildman–Crippen MR) is 44.5 cm³/mol. The molecular formula is C6H6INO. The van der Waals surface area contributed by atoms with E-state index in [1.807, 2.05) is 6.92 Å². The fraction of sp³-hybridized carbons (Fsp3) is 0.167. The van der Waals surface area contributed by atoms with E-state index in [0.717, 1.165) is 9.13 Å². The standard InChI is InChI=1S/C6H6INO/c1-4-3-8-6(9)2-5(4)7/h2-3H,1H3,(H,8,9). The molecule has 0 aliphatic heterocycles. The van der Waals surface area contributed by atoms with Crippen molar-refractivity contribution in [2.24, 2.45) is 0 Å². The van der Waals surface area contributed by atoms with E-state index < -0.39 is 0 Å². The number of nitrogens with one attached hydrogen (secondary N) is 1. The molecule has 0 bridgehead atoms. The molecule has 0 aromatic carbocycles. The molecule has 0 atom stereocenters. The number of hydrogen-bond donors (Lipinski definition) is 1. The van der Waals surface area contributed by atoms with Gasteiger partial charge in [-0.1, -0.05) is 0 Å². The van der Waals surface area contributed by atoms with Gasteiger partial charge in [-0.05, 0) is 35.1 Å². The zero-order chi connectivity index (χ0) is 6.85. The number of H-pyrrole nitrogens is 1. The van der Waals surface area contributed by atoms with Crippen molar-refractivity contribution in [1.82, 2.24) is 4.98 Å². The van der Waals surface area contributed by atoms with Crippen LogP contribution < -0.4 is 5.56 Å². The lowest BCUT2D eigenvalue weighted by molar-refractivity contribution is 1.18. The Balaban J connectivity index is 3.34. The van der Waals surface area contributed by atoms with Crippen molar-refractivity contribution in [2.75, 3.05) is 0 Å². The highest BCUT2D eigenvalue weighted by Gasteiger charge is 1.91. The molecule has 0 saturated heterocycles. The average Bonchev–Trinajstić information content (AvgIpc) is 1.80. The molecule has 0 saturated carbocycles. The van der Waals surface area contributed by atoms with Crippen LogP contribution in [-0.4, -0.2) is 4.98 Å². The summed E-state index contributed by atoms with van der Waals surface area (Å²) in [5, 5.41) is 0. The first-order valence-corrected chi connectivity index (χ1v) is 3.63. The van der Waals surface area contributed by atoms with Gasteiger partial charge in [-0.25, -0.2) is 0 Å². The largest absolute Gasteiger partial charge is 0.329 e. The van der Waals surface area contributed by atoms with Crippen LogP contribution in [0.4, 0.5) is 0 Å². The van der Waals surface area contributed by atoms with Gasteiger partial charge in [0.25, 0.3) is 0 Å². The van der Waals surface area contributed by atoms with E-state index in [9.17, 15) is 4.79 Å². The summed E-state index contributed by atoms with van der Waals surface area (Å²) in [4.78, 5) is 13.2. The predicted octanol–water partition coefficient (Wildman–Crippen LogP) is 1.29. The van der Waals surface area contributed by atoms with Crippen LogP contribution in [0.3, 0.4) is 0 Å². The van der Waals surface area contributed by atoms with Gasteiger partial charge in [0.05, 0.1) is 0 Å². The van der Waals surface area contributed by atoms with Crippen LogP contribution in [-0.2, 0) is 0 Å². The van der Waals surface area contributed by atoms with Gasteiger partial charge in [0.1, 0.15) is 0 Å². The van der Waals surface area contributed by atoms with Crippen LogP contribution in [0.5, 0.6) is 0 Å². The molecule has 1 heterocycles. The summed E-state index contributed by atoms with van der Waals surface area (Å²) in [7, 11) is 0. The van der Waals surface area contributed by atoms with Gasteiger partial charge in [0.15, 0.2) is 0 Å². The molecule has 1 aromatic heterocycles. The van der Waals surface area contributed by atoms with Gasteiger partial charge in [0.2, 0.25) is 5.56 Å². The molecule has 0 aliphatic rings. The summed E-state index contributed by atoms with van der Waals surface area (Å²) in [5.74, 6) is 0. The fourth-order valence-corrected chi connectivity index (χ4v) is 0.957. The molecule has 3 heteroatoms. The fourth-order valence-electron chi connectivity index (χ4n) is 0.519. The van der Waals surface area contributed by atoms with Crippen LogP contribution in [0.2, 0.25) is 0 Å². The summed E-state index contributed by atoms with van der Waals surface area (Å²) < 4.78 is 1.01. The van der Waals surface area contributed by atoms with Crippen molar-refractivity contribution in [3.8, 4) is 0 Å². The van der Waals surface area contributed by atoms with Crippen molar-refractivity contribution in [1.29, 1.82) is 0 Å². The Morgan fingerprint density at radius 1 is 1.67 bits per heavy atom. The Morgan fingerprint density at radius 2 is 2.33 bits per heavy atom. The minimum absolute atomic E-state index is 0.0370. The van der Waals surface area contributed by atoms with Gasteiger partial charge in [0, 0.05) is 15.8 Å². The smallest absolute Gasteiger partial charge is 0.248 e. The van der Waals surface area contributed by atoms with Crippen LogP contribution in [0.25, 0.3) is 0 Å². The lowest BCUT2D eigenvalue weighted by Gasteiger charge is -1.91. The molecule has 2 nitrogen and oxygen atoms in total. The Morgan fingerprint density at radius 3 is 2.78 bits per heavy atom. The number of aromatic nitrogens is 1. The van der Waals surface area contributed by atoms with E-state index >= 15 is 0 Å². The van der Waals surface area contributed by atoms with Crippen molar-refractivity contribution in [3.63, 3.8) is 0 Å². The maximum Gasteiger partial charge on any atom is 0.248 e. The monoisotopic (exact) mass is 235 g/mol. The Labute approximate surface area is 66.4 Å². The first kappa shape index (κ1) is 6.80. The summed E-state index contributed by atoms with van der Waals surface area (Å²) >= 11 is 2.13. The van der Waals surface area contributed by atoms with E-state index in [1.54, 1.807) is 12.3 Å². The SMILES string of the molecule is Cc1c[nH]c(=O)cc1I. The number of rotatable bonds is 0. The second kappa shape index (κ2) is 2.51. The molecule has 0 radical (unpaired) electrons. The molecule has 48 valence electrons. The quantitative estimate of drug-likeness (QED) is 0.675. The maximum absolute atomic E-state index is 10.6. The molecule has 0 spiro atoms. The van der Waals surface area contributed by atoms with Crippen molar-refractivity contribution >= 4 is 22.6 Å². The summed E-state index contributed by atoms with van der Waals surface area (Å²) in [6, 6.07) is 1.58. The van der Waals surface area contributed by atoms with Gasteiger partial charge in [-0.3, -0.25) is 4.79 Å². The van der Waals surface area contributed by atoms with E-state index in [1.165, 1.54) is 0 Å². The van der Waals surface area contributed by atoms with Crippen LogP contribution in [0, 0.1) is 10.5 Å². The van der Waals surface area contributed by atoms with E-state index in [2.05, 4.69) is 27.6 Å². The Hall–Kier alpha value is -0.320. The molecule has 0 unspecified atom stereocenters. The second-order valence-corrected chi connectivity index (χ2v) is 2.99. The third kappa shape index (κ3) is 1.54. The minimum atomic E-state index is -0.0370. The summed E-state index contributed by atoms with van der Waals surface area (Å²) in [6.07, 6.45) is 1.71. The molecule has 0 fully saturated rings. The third-order valence-corrected chi connectivity index (χ3v) is 2.23. The van der Waals surface area contributed by atoms with Crippen LogP contribution in [0.15, 0.2) is 17.1 Å². The van der Waals surface area contributed by atoms with Gasteiger partial charge >= 0.3 is 0 Å². The lowest BCUT2D eigenvalue weighted by atomic mass is 10.3. The molecule has 1 N–H and O–H groups in total. The van der Waals surface area contributed by atoms with Crippen LogP contribution in [0.1, 0.15) is 5.56 Å². The number of aromatic amines is 1. The normalized spacial score (nSPS) is 9.56. The number of halogens is 1. The molecular weight excluding hydrogens is 229 g/mol. The summed E-state index contributed by atoms with van der Waals surface area (Å²) in [5.41, 5.74) is 1.07. The van der Waals surface area contributed by atoms with E-state index in [0.29, 0.717) is 0 Å². The Kier molecular flexibility index (Phi) is 1.90. The number of pyridine rings is 1. The molecule has 0 aliphatic carbocycles. The molecule has 0 amide bonds. The van der Waals surface area contributed by atoms with Crippen molar-refractivity contribution in [2.45, 2.75) is 6.92 Å². The number of hydrogen-bond acceptors (Lipinski definition) is 1. The lowest BCUT2D eigenvalue weighted by Crippen LogP contribution is -2.03. The first-order chi connectivity index (χ1) is 4.20. The van der Waals surface area contributed by atoms with E-state index in [-0.39, 0.29) is 5.56 Å². The highest BCUT2D eigenvalue weighted by molar-refractivity contribution is 14.1. The van der Waals surface area contributed by atoms with Gasteiger partial charge < -0.3 is 4.98 Å². The van der Waals surface area contributed by atoms with Crippen molar-refractivity contribution < 1.29 is 0 Å². The number of aryl methyl sites for hydroxylation is 1. The van der Waals surface area contributed by atoms with E-state index in [4.69, 9.17) is 0 Å².